The quantitative estimate of drug-likeness (QED) is 0.610. The number of hydrazone groups is 1. The van der Waals surface area contributed by atoms with Gasteiger partial charge < -0.3 is 9.47 Å². The molecule has 7 nitrogen and oxygen atoms in total. The number of amides is 1. The van der Waals surface area contributed by atoms with Crippen molar-refractivity contribution in [3.8, 4) is 11.8 Å². The average Bonchev–Trinajstić information content (AvgIpc) is 2.68. The van der Waals surface area contributed by atoms with E-state index < -0.39 is 5.97 Å². The van der Waals surface area contributed by atoms with Gasteiger partial charge in [0, 0.05) is 5.56 Å². The molecule has 1 aliphatic heterocycles. The molecule has 0 N–H and O–H groups in total. The standard InChI is InChI=1S/C19H15N3O4/c20-10-5-11-22-17(23)13-25-18(21-22)15-8-4-9-16(12-15)26-19(24)14-6-2-1-3-7-14/h1-4,6-9,12H,5,11,13H2. The van der Waals surface area contributed by atoms with Gasteiger partial charge in [-0.15, -0.1) is 5.10 Å². The van der Waals surface area contributed by atoms with Crippen LogP contribution in [0.1, 0.15) is 22.3 Å². The van der Waals surface area contributed by atoms with Crippen LogP contribution in [0.5, 0.6) is 5.75 Å². The number of carbonyl (C=O) groups excluding carboxylic acids is 2. The van der Waals surface area contributed by atoms with Crippen molar-refractivity contribution in [2.45, 2.75) is 6.42 Å². The van der Waals surface area contributed by atoms with E-state index >= 15 is 0 Å². The molecule has 0 atom stereocenters. The van der Waals surface area contributed by atoms with Crippen molar-refractivity contribution in [2.24, 2.45) is 5.10 Å². The summed E-state index contributed by atoms with van der Waals surface area (Å²) < 4.78 is 10.7. The molecule has 1 aliphatic rings. The SMILES string of the molecule is N#CCCN1N=C(c2cccc(OC(=O)c3ccccc3)c2)OCC1=O. The van der Waals surface area contributed by atoms with Crippen LogP contribution in [0, 0.1) is 11.3 Å². The van der Waals surface area contributed by atoms with Crippen LogP contribution in [-0.2, 0) is 9.53 Å². The summed E-state index contributed by atoms with van der Waals surface area (Å²) in [5, 5.41) is 14.0. The normalized spacial score (nSPS) is 13.4. The summed E-state index contributed by atoms with van der Waals surface area (Å²) in [7, 11) is 0. The Morgan fingerprint density at radius 1 is 1.23 bits per heavy atom. The molecule has 1 heterocycles. The predicted molar refractivity (Wildman–Crippen MR) is 92.3 cm³/mol. The fraction of sp³-hybridized carbons (Fsp3) is 0.158. The van der Waals surface area contributed by atoms with Crippen LogP contribution in [0.25, 0.3) is 0 Å². The second-order valence-corrected chi connectivity index (χ2v) is 5.40. The third-order valence-corrected chi connectivity index (χ3v) is 3.57. The Hall–Kier alpha value is -3.66. The minimum Gasteiger partial charge on any atom is -0.466 e. The van der Waals surface area contributed by atoms with Gasteiger partial charge in [-0.25, -0.2) is 9.80 Å². The van der Waals surface area contributed by atoms with Crippen LogP contribution in [-0.4, -0.2) is 35.9 Å². The Morgan fingerprint density at radius 2 is 2.04 bits per heavy atom. The first kappa shape index (κ1) is 17.2. The molecule has 0 saturated heterocycles. The molecule has 7 heteroatoms. The molecule has 0 saturated carbocycles. The van der Waals surface area contributed by atoms with Crippen LogP contribution in [0.3, 0.4) is 0 Å². The van der Waals surface area contributed by atoms with Gasteiger partial charge in [0.15, 0.2) is 6.61 Å². The molecule has 2 aromatic rings. The maximum Gasteiger partial charge on any atom is 0.343 e. The van der Waals surface area contributed by atoms with E-state index in [1.54, 1.807) is 48.5 Å². The number of nitriles is 1. The number of hydrogen-bond acceptors (Lipinski definition) is 6. The predicted octanol–water partition coefficient (Wildman–Crippen LogP) is 2.34. The molecular weight excluding hydrogens is 334 g/mol. The number of rotatable bonds is 5. The zero-order valence-corrected chi connectivity index (χ0v) is 13.8. The highest BCUT2D eigenvalue weighted by molar-refractivity contribution is 5.98. The number of nitrogens with zero attached hydrogens (tertiary/aromatic N) is 3. The first-order valence-corrected chi connectivity index (χ1v) is 7.94. The summed E-state index contributed by atoms with van der Waals surface area (Å²) in [6, 6.07) is 17.3. The van der Waals surface area contributed by atoms with E-state index in [2.05, 4.69) is 5.10 Å². The molecule has 26 heavy (non-hydrogen) atoms. The molecule has 2 aromatic carbocycles. The molecule has 0 aliphatic carbocycles. The highest BCUT2D eigenvalue weighted by atomic mass is 16.5. The van der Waals surface area contributed by atoms with Gasteiger partial charge in [-0.1, -0.05) is 24.3 Å². The Morgan fingerprint density at radius 3 is 2.81 bits per heavy atom. The molecule has 0 aromatic heterocycles. The monoisotopic (exact) mass is 349 g/mol. The number of carbonyl (C=O) groups is 2. The van der Waals surface area contributed by atoms with Gasteiger partial charge in [0.25, 0.3) is 5.91 Å². The van der Waals surface area contributed by atoms with E-state index in [4.69, 9.17) is 14.7 Å². The summed E-state index contributed by atoms with van der Waals surface area (Å²) in [5.41, 5.74) is 1.01. The lowest BCUT2D eigenvalue weighted by molar-refractivity contribution is -0.135. The Kier molecular flexibility index (Phi) is 5.25. The molecule has 0 spiro atoms. The first-order chi connectivity index (χ1) is 12.7. The lowest BCUT2D eigenvalue weighted by atomic mass is 10.2. The molecule has 3 rings (SSSR count). The van der Waals surface area contributed by atoms with Gasteiger partial charge >= 0.3 is 5.97 Å². The Balaban J connectivity index is 1.77. The third-order valence-electron chi connectivity index (χ3n) is 3.57. The van der Waals surface area contributed by atoms with Crippen molar-refractivity contribution >= 4 is 17.8 Å². The maximum atomic E-state index is 12.1. The van der Waals surface area contributed by atoms with Crippen LogP contribution < -0.4 is 4.74 Å². The van der Waals surface area contributed by atoms with Crippen molar-refractivity contribution < 1.29 is 19.1 Å². The van der Waals surface area contributed by atoms with Crippen molar-refractivity contribution in [2.75, 3.05) is 13.2 Å². The van der Waals surface area contributed by atoms with Gasteiger partial charge in [0.05, 0.1) is 24.6 Å². The molecule has 0 radical (unpaired) electrons. The van der Waals surface area contributed by atoms with Crippen molar-refractivity contribution in [1.82, 2.24) is 5.01 Å². The van der Waals surface area contributed by atoms with E-state index in [9.17, 15) is 9.59 Å². The van der Waals surface area contributed by atoms with Gasteiger partial charge in [-0.2, -0.15) is 5.26 Å². The lowest BCUT2D eigenvalue weighted by Gasteiger charge is -2.23. The topological polar surface area (TPSA) is 92.0 Å². The fourth-order valence-electron chi connectivity index (χ4n) is 2.30. The zero-order chi connectivity index (χ0) is 18.4. The number of benzene rings is 2. The number of esters is 1. The van der Waals surface area contributed by atoms with E-state index in [1.165, 1.54) is 5.01 Å². The molecular formula is C19H15N3O4. The van der Waals surface area contributed by atoms with Crippen LogP contribution in [0.2, 0.25) is 0 Å². The number of hydrogen-bond donors (Lipinski definition) is 0. The third kappa shape index (κ3) is 4.05. The highest BCUT2D eigenvalue weighted by Crippen LogP contribution is 2.18. The molecule has 0 bridgehead atoms. The summed E-state index contributed by atoms with van der Waals surface area (Å²) in [6.45, 7) is 0.0448. The van der Waals surface area contributed by atoms with Crippen LogP contribution >= 0.6 is 0 Å². The largest absolute Gasteiger partial charge is 0.466 e. The maximum absolute atomic E-state index is 12.1. The van der Waals surface area contributed by atoms with Crippen LogP contribution in [0.4, 0.5) is 0 Å². The van der Waals surface area contributed by atoms with Crippen molar-refractivity contribution in [3.63, 3.8) is 0 Å². The van der Waals surface area contributed by atoms with Gasteiger partial charge in [0.2, 0.25) is 5.90 Å². The smallest absolute Gasteiger partial charge is 0.343 e. The second-order valence-electron chi connectivity index (χ2n) is 5.40. The molecule has 130 valence electrons. The number of ether oxygens (including phenoxy) is 2. The second kappa shape index (κ2) is 7.94. The Bertz CT molecular complexity index is 887. The fourth-order valence-corrected chi connectivity index (χ4v) is 2.30. The average molecular weight is 349 g/mol. The summed E-state index contributed by atoms with van der Waals surface area (Å²) >= 11 is 0. The van der Waals surface area contributed by atoms with E-state index in [1.807, 2.05) is 12.1 Å². The first-order valence-electron chi connectivity index (χ1n) is 7.94. The van der Waals surface area contributed by atoms with Gasteiger partial charge in [-0.3, -0.25) is 4.79 Å². The molecule has 1 amide bonds. The van der Waals surface area contributed by atoms with Gasteiger partial charge in [-0.05, 0) is 30.3 Å². The highest BCUT2D eigenvalue weighted by Gasteiger charge is 2.22. The molecule has 0 unspecified atom stereocenters. The minimum absolute atomic E-state index is 0.154. The van der Waals surface area contributed by atoms with Crippen LogP contribution in [0.15, 0.2) is 59.7 Å². The summed E-state index contributed by atoms with van der Waals surface area (Å²) in [6.07, 6.45) is 0.178. The van der Waals surface area contributed by atoms with E-state index in [0.29, 0.717) is 16.9 Å². The summed E-state index contributed by atoms with van der Waals surface area (Å²) in [5.74, 6) is -0.209. The summed E-state index contributed by atoms with van der Waals surface area (Å²) in [4.78, 5) is 23.9. The zero-order valence-electron chi connectivity index (χ0n) is 13.8. The van der Waals surface area contributed by atoms with Crippen molar-refractivity contribution in [1.29, 1.82) is 5.26 Å². The lowest BCUT2D eigenvalue weighted by Crippen LogP contribution is -2.37. The van der Waals surface area contributed by atoms with E-state index in [-0.39, 0.29) is 31.4 Å². The molecule has 0 fully saturated rings. The minimum atomic E-state index is -0.472. The van der Waals surface area contributed by atoms with Gasteiger partial charge in [0.1, 0.15) is 5.75 Å². The Labute approximate surface area is 150 Å². The van der Waals surface area contributed by atoms with Crippen molar-refractivity contribution in [3.05, 3.63) is 65.7 Å². The van der Waals surface area contributed by atoms with E-state index in [0.717, 1.165) is 0 Å².